The summed E-state index contributed by atoms with van der Waals surface area (Å²) in [4.78, 5) is 14.7. The van der Waals surface area contributed by atoms with Crippen molar-refractivity contribution in [3.05, 3.63) is 0 Å². The van der Waals surface area contributed by atoms with Crippen molar-refractivity contribution in [1.82, 2.24) is 4.90 Å². The van der Waals surface area contributed by atoms with E-state index in [9.17, 15) is 4.79 Å². The van der Waals surface area contributed by atoms with Crippen molar-refractivity contribution in [3.63, 3.8) is 0 Å². The first kappa shape index (κ1) is 15.5. The van der Waals surface area contributed by atoms with Gasteiger partial charge in [0.2, 0.25) is 5.91 Å². The quantitative estimate of drug-likeness (QED) is 0.838. The summed E-state index contributed by atoms with van der Waals surface area (Å²) < 4.78 is 0. The Hall–Kier alpha value is -0.570. The van der Waals surface area contributed by atoms with Crippen LogP contribution in [0.1, 0.15) is 53.9 Å². The molecule has 1 aliphatic rings. The second-order valence-electron chi connectivity index (χ2n) is 6.64. The van der Waals surface area contributed by atoms with Gasteiger partial charge in [0.15, 0.2) is 0 Å². The van der Waals surface area contributed by atoms with E-state index in [-0.39, 0.29) is 5.92 Å². The van der Waals surface area contributed by atoms with Gasteiger partial charge in [-0.25, -0.2) is 0 Å². The van der Waals surface area contributed by atoms with E-state index in [1.54, 1.807) is 0 Å². The lowest BCUT2D eigenvalue weighted by molar-refractivity contribution is -0.140. The van der Waals surface area contributed by atoms with Crippen molar-refractivity contribution in [2.75, 3.05) is 6.54 Å². The van der Waals surface area contributed by atoms with E-state index in [0.717, 1.165) is 25.8 Å². The highest BCUT2D eigenvalue weighted by atomic mass is 16.2. The third kappa shape index (κ3) is 3.98. The normalized spacial score (nSPS) is 28.8. The van der Waals surface area contributed by atoms with Gasteiger partial charge >= 0.3 is 0 Å². The second kappa shape index (κ2) is 6.55. The molecular weight excluding hydrogens is 224 g/mol. The highest BCUT2D eigenvalue weighted by Crippen LogP contribution is 2.31. The lowest BCUT2D eigenvalue weighted by Gasteiger charge is -2.37. The lowest BCUT2D eigenvalue weighted by Crippen LogP contribution is -2.47. The number of amides is 1. The lowest BCUT2D eigenvalue weighted by atomic mass is 9.77. The molecule has 0 aromatic rings. The zero-order valence-electron chi connectivity index (χ0n) is 12.6. The topological polar surface area (TPSA) is 46.3 Å². The summed E-state index contributed by atoms with van der Waals surface area (Å²) in [6.07, 6.45) is 2.95. The molecule has 3 atom stereocenters. The number of hydrogen-bond acceptors (Lipinski definition) is 2. The molecule has 1 aliphatic carbocycles. The first-order valence-corrected chi connectivity index (χ1v) is 7.39. The van der Waals surface area contributed by atoms with Crippen molar-refractivity contribution in [1.29, 1.82) is 0 Å². The maximum atomic E-state index is 12.7. The van der Waals surface area contributed by atoms with E-state index in [2.05, 4.69) is 39.5 Å². The van der Waals surface area contributed by atoms with Gasteiger partial charge in [-0.3, -0.25) is 4.79 Å². The Labute approximate surface area is 112 Å². The molecule has 1 saturated carbocycles. The minimum Gasteiger partial charge on any atom is -0.340 e. The van der Waals surface area contributed by atoms with E-state index in [4.69, 9.17) is 5.73 Å². The maximum Gasteiger partial charge on any atom is 0.226 e. The molecule has 0 aliphatic heterocycles. The van der Waals surface area contributed by atoms with Gasteiger partial charge in [0.05, 0.1) is 0 Å². The molecule has 0 radical (unpaired) electrons. The van der Waals surface area contributed by atoms with Crippen LogP contribution in [-0.4, -0.2) is 29.4 Å². The Morgan fingerprint density at radius 1 is 1.28 bits per heavy atom. The van der Waals surface area contributed by atoms with E-state index in [1.807, 2.05) is 0 Å². The number of nitrogens with two attached hydrogens (primary N) is 1. The second-order valence-corrected chi connectivity index (χ2v) is 6.64. The van der Waals surface area contributed by atoms with E-state index in [1.165, 1.54) is 0 Å². The standard InChI is InChI=1S/C15H30N2O/c1-10(2)9-17(11(3)4)15(18)14-7-6-13(16)8-12(14)5/h10-14H,6-9,16H2,1-5H3. The molecule has 2 N–H and O–H groups in total. The van der Waals surface area contributed by atoms with Gasteiger partial charge < -0.3 is 10.6 Å². The molecule has 0 bridgehead atoms. The number of carbonyl (C=O) groups excluding carboxylic acids is 1. The molecule has 1 amide bonds. The van der Waals surface area contributed by atoms with Gasteiger partial charge in [-0.2, -0.15) is 0 Å². The number of rotatable bonds is 4. The first-order chi connectivity index (χ1) is 8.32. The van der Waals surface area contributed by atoms with Crippen molar-refractivity contribution >= 4 is 5.91 Å². The van der Waals surface area contributed by atoms with Crippen LogP contribution < -0.4 is 5.73 Å². The monoisotopic (exact) mass is 254 g/mol. The molecule has 18 heavy (non-hydrogen) atoms. The van der Waals surface area contributed by atoms with Crippen LogP contribution in [0.4, 0.5) is 0 Å². The molecule has 1 fully saturated rings. The number of hydrogen-bond donors (Lipinski definition) is 1. The summed E-state index contributed by atoms with van der Waals surface area (Å²) in [5, 5.41) is 0. The highest BCUT2D eigenvalue weighted by Gasteiger charge is 2.34. The third-order valence-electron chi connectivity index (χ3n) is 4.00. The fourth-order valence-corrected chi connectivity index (χ4v) is 2.97. The summed E-state index contributed by atoms with van der Waals surface area (Å²) in [6.45, 7) is 11.6. The van der Waals surface area contributed by atoms with E-state index >= 15 is 0 Å². The Morgan fingerprint density at radius 2 is 1.89 bits per heavy atom. The van der Waals surface area contributed by atoms with Crippen LogP contribution in [-0.2, 0) is 4.79 Å². The van der Waals surface area contributed by atoms with Gasteiger partial charge in [0.1, 0.15) is 0 Å². The highest BCUT2D eigenvalue weighted by molar-refractivity contribution is 5.79. The Kier molecular flexibility index (Phi) is 5.64. The molecule has 106 valence electrons. The van der Waals surface area contributed by atoms with Crippen LogP contribution in [0, 0.1) is 17.8 Å². The predicted molar refractivity (Wildman–Crippen MR) is 76.2 cm³/mol. The van der Waals surface area contributed by atoms with Crippen LogP contribution >= 0.6 is 0 Å². The minimum atomic E-state index is 0.186. The summed E-state index contributed by atoms with van der Waals surface area (Å²) in [5.74, 6) is 1.48. The summed E-state index contributed by atoms with van der Waals surface area (Å²) >= 11 is 0. The molecule has 0 saturated heterocycles. The number of nitrogens with zero attached hydrogens (tertiary/aromatic N) is 1. The Balaban J connectivity index is 2.70. The Bertz CT molecular complexity index is 276. The average molecular weight is 254 g/mol. The molecule has 0 aromatic heterocycles. The molecule has 3 heteroatoms. The molecule has 0 aromatic carbocycles. The molecule has 3 nitrogen and oxygen atoms in total. The largest absolute Gasteiger partial charge is 0.340 e. The Morgan fingerprint density at radius 3 is 2.33 bits per heavy atom. The smallest absolute Gasteiger partial charge is 0.226 e. The summed E-state index contributed by atoms with van der Waals surface area (Å²) in [7, 11) is 0. The SMILES string of the molecule is CC(C)CN(C(=O)C1CCC(N)CC1C)C(C)C. The minimum absolute atomic E-state index is 0.186. The first-order valence-electron chi connectivity index (χ1n) is 7.39. The van der Waals surface area contributed by atoms with Gasteiger partial charge in [-0.05, 0) is 44.9 Å². The molecule has 3 unspecified atom stereocenters. The predicted octanol–water partition coefficient (Wildman–Crippen LogP) is 2.64. The fraction of sp³-hybridized carbons (Fsp3) is 0.933. The van der Waals surface area contributed by atoms with Gasteiger partial charge in [-0.15, -0.1) is 0 Å². The van der Waals surface area contributed by atoms with Crippen molar-refractivity contribution < 1.29 is 4.79 Å². The average Bonchev–Trinajstić information content (AvgIpc) is 2.24. The third-order valence-corrected chi connectivity index (χ3v) is 4.00. The van der Waals surface area contributed by atoms with Crippen molar-refractivity contribution in [2.45, 2.75) is 66.0 Å². The van der Waals surface area contributed by atoms with Gasteiger partial charge in [-0.1, -0.05) is 20.8 Å². The maximum absolute atomic E-state index is 12.7. The van der Waals surface area contributed by atoms with Gasteiger partial charge in [0.25, 0.3) is 0 Å². The van der Waals surface area contributed by atoms with Crippen LogP contribution in [0.3, 0.4) is 0 Å². The van der Waals surface area contributed by atoms with Crippen molar-refractivity contribution in [2.24, 2.45) is 23.5 Å². The zero-order chi connectivity index (χ0) is 13.9. The van der Waals surface area contributed by atoms with Crippen LogP contribution in [0.2, 0.25) is 0 Å². The fourth-order valence-electron chi connectivity index (χ4n) is 2.97. The summed E-state index contributed by atoms with van der Waals surface area (Å²) in [5.41, 5.74) is 5.98. The molecule has 0 heterocycles. The number of carbonyl (C=O) groups is 1. The van der Waals surface area contributed by atoms with Crippen molar-refractivity contribution in [3.8, 4) is 0 Å². The summed E-state index contributed by atoms with van der Waals surface area (Å²) in [6, 6.07) is 0.587. The zero-order valence-corrected chi connectivity index (χ0v) is 12.6. The van der Waals surface area contributed by atoms with Crippen LogP contribution in [0.25, 0.3) is 0 Å². The molecular formula is C15H30N2O. The van der Waals surface area contributed by atoms with Gasteiger partial charge in [0, 0.05) is 24.5 Å². The van der Waals surface area contributed by atoms with E-state index < -0.39 is 0 Å². The molecule has 0 spiro atoms. The van der Waals surface area contributed by atoms with E-state index in [0.29, 0.717) is 29.8 Å². The van der Waals surface area contributed by atoms with Crippen LogP contribution in [0.15, 0.2) is 0 Å². The molecule has 1 rings (SSSR count). The van der Waals surface area contributed by atoms with Crippen LogP contribution in [0.5, 0.6) is 0 Å².